The van der Waals surface area contributed by atoms with E-state index in [9.17, 15) is 14.4 Å². The van der Waals surface area contributed by atoms with Gasteiger partial charge in [0, 0.05) is 26.2 Å². The van der Waals surface area contributed by atoms with Crippen LogP contribution in [0.2, 0.25) is 0 Å². The lowest BCUT2D eigenvalue weighted by molar-refractivity contribution is -0.129. The molecular weight excluding hydrogens is 350 g/mol. The molecule has 0 atom stereocenters. The standard InChI is InChI=1S/C18H27N5O4/c1-7-15(25)21(5)11-14(24)19-16-12-8-9-23(10-13(12)22(6)20-16)17(26)27-18(2,3)4/h7H,1,8-11H2,2-6H3,(H,19,20,24). The molecule has 0 saturated heterocycles. The number of fused-ring (bicyclic) bond motifs is 1. The van der Waals surface area contributed by atoms with Crippen molar-refractivity contribution in [3.8, 4) is 0 Å². The molecule has 1 aromatic heterocycles. The Kier molecular flexibility index (Phi) is 5.92. The number of anilines is 1. The molecule has 1 aliphatic rings. The van der Waals surface area contributed by atoms with Gasteiger partial charge in [0.1, 0.15) is 5.60 Å². The number of hydrogen-bond donors (Lipinski definition) is 1. The number of nitrogens with zero attached hydrogens (tertiary/aromatic N) is 4. The summed E-state index contributed by atoms with van der Waals surface area (Å²) in [6.45, 7) is 9.61. The number of aryl methyl sites for hydroxylation is 1. The Bertz CT molecular complexity index is 763. The number of amides is 3. The Hall–Kier alpha value is -2.84. The molecule has 27 heavy (non-hydrogen) atoms. The first kappa shape index (κ1) is 20.5. The molecule has 148 valence electrons. The van der Waals surface area contributed by atoms with E-state index in [0.29, 0.717) is 25.3 Å². The zero-order valence-corrected chi connectivity index (χ0v) is 16.5. The highest BCUT2D eigenvalue weighted by Crippen LogP contribution is 2.26. The normalized spacial score (nSPS) is 13.6. The van der Waals surface area contributed by atoms with Crippen LogP contribution in [0.5, 0.6) is 0 Å². The van der Waals surface area contributed by atoms with Gasteiger partial charge in [0.2, 0.25) is 11.8 Å². The van der Waals surface area contributed by atoms with Crippen LogP contribution < -0.4 is 5.32 Å². The van der Waals surface area contributed by atoms with Gasteiger partial charge in [-0.25, -0.2) is 4.79 Å². The molecule has 0 aliphatic carbocycles. The van der Waals surface area contributed by atoms with Crippen molar-refractivity contribution < 1.29 is 19.1 Å². The average Bonchev–Trinajstić information content (AvgIpc) is 2.87. The topological polar surface area (TPSA) is 96.8 Å². The number of nitrogens with one attached hydrogen (secondary N) is 1. The number of carbonyl (C=O) groups excluding carboxylic acids is 3. The molecule has 0 unspecified atom stereocenters. The highest BCUT2D eigenvalue weighted by Gasteiger charge is 2.30. The molecule has 0 fully saturated rings. The van der Waals surface area contributed by atoms with Crippen LogP contribution in [-0.2, 0) is 34.3 Å². The van der Waals surface area contributed by atoms with Crippen LogP contribution in [0.25, 0.3) is 0 Å². The van der Waals surface area contributed by atoms with Crippen molar-refractivity contribution in [3.63, 3.8) is 0 Å². The third-order valence-corrected chi connectivity index (χ3v) is 4.09. The largest absolute Gasteiger partial charge is 0.444 e. The van der Waals surface area contributed by atoms with Crippen molar-refractivity contribution in [2.75, 3.05) is 25.5 Å². The minimum Gasteiger partial charge on any atom is -0.444 e. The van der Waals surface area contributed by atoms with Crippen molar-refractivity contribution in [2.45, 2.75) is 39.3 Å². The number of rotatable bonds is 4. The highest BCUT2D eigenvalue weighted by atomic mass is 16.6. The molecule has 0 spiro atoms. The van der Waals surface area contributed by atoms with Crippen LogP contribution in [0.4, 0.5) is 10.6 Å². The van der Waals surface area contributed by atoms with Crippen LogP contribution >= 0.6 is 0 Å². The van der Waals surface area contributed by atoms with E-state index >= 15 is 0 Å². The van der Waals surface area contributed by atoms with Gasteiger partial charge in [-0.2, -0.15) is 5.10 Å². The van der Waals surface area contributed by atoms with Crippen molar-refractivity contribution in [1.29, 1.82) is 0 Å². The van der Waals surface area contributed by atoms with Gasteiger partial charge in [0.25, 0.3) is 0 Å². The molecule has 0 aromatic carbocycles. The Balaban J connectivity index is 2.07. The second-order valence-electron chi connectivity index (χ2n) is 7.50. The summed E-state index contributed by atoms with van der Waals surface area (Å²) >= 11 is 0. The fourth-order valence-corrected chi connectivity index (χ4v) is 2.77. The van der Waals surface area contributed by atoms with Crippen molar-refractivity contribution >= 4 is 23.7 Å². The van der Waals surface area contributed by atoms with Crippen LogP contribution in [0.3, 0.4) is 0 Å². The number of ether oxygens (including phenoxy) is 1. The van der Waals surface area contributed by atoms with Gasteiger partial charge in [-0.1, -0.05) is 6.58 Å². The van der Waals surface area contributed by atoms with Gasteiger partial charge in [-0.15, -0.1) is 0 Å². The van der Waals surface area contributed by atoms with Gasteiger partial charge in [0.05, 0.1) is 18.8 Å². The van der Waals surface area contributed by atoms with Crippen LogP contribution in [0.1, 0.15) is 32.0 Å². The predicted molar refractivity (Wildman–Crippen MR) is 100 cm³/mol. The summed E-state index contributed by atoms with van der Waals surface area (Å²) in [6, 6.07) is 0. The molecule has 0 saturated carbocycles. The summed E-state index contributed by atoms with van der Waals surface area (Å²) in [5.74, 6) is -0.217. The smallest absolute Gasteiger partial charge is 0.410 e. The summed E-state index contributed by atoms with van der Waals surface area (Å²) < 4.78 is 7.08. The van der Waals surface area contributed by atoms with Crippen LogP contribution in [-0.4, -0.2) is 63.2 Å². The Morgan fingerprint density at radius 1 is 1.37 bits per heavy atom. The SMILES string of the molecule is C=CC(=O)N(C)CC(=O)Nc1nn(C)c2c1CCN(C(=O)OC(C)(C)C)C2. The number of likely N-dealkylation sites (N-methyl/N-ethyl adjacent to an activating group) is 1. The lowest BCUT2D eigenvalue weighted by Gasteiger charge is -2.30. The summed E-state index contributed by atoms with van der Waals surface area (Å²) in [5, 5.41) is 7.10. The zero-order chi connectivity index (χ0) is 20.4. The molecule has 1 N–H and O–H groups in total. The van der Waals surface area contributed by atoms with Crippen LogP contribution in [0.15, 0.2) is 12.7 Å². The maximum Gasteiger partial charge on any atom is 0.410 e. The zero-order valence-electron chi connectivity index (χ0n) is 16.5. The second-order valence-corrected chi connectivity index (χ2v) is 7.50. The maximum atomic E-state index is 12.3. The lowest BCUT2D eigenvalue weighted by Crippen LogP contribution is -2.40. The summed E-state index contributed by atoms with van der Waals surface area (Å²) in [4.78, 5) is 38.9. The van der Waals surface area contributed by atoms with Gasteiger partial charge in [-0.3, -0.25) is 14.3 Å². The highest BCUT2D eigenvalue weighted by molar-refractivity contribution is 5.96. The van der Waals surface area contributed by atoms with E-state index in [1.54, 1.807) is 16.6 Å². The predicted octanol–water partition coefficient (Wildman–Crippen LogP) is 1.30. The summed E-state index contributed by atoms with van der Waals surface area (Å²) in [5.41, 5.74) is 1.18. The molecule has 0 radical (unpaired) electrons. The van der Waals surface area contributed by atoms with E-state index < -0.39 is 5.60 Å². The Morgan fingerprint density at radius 3 is 2.63 bits per heavy atom. The fourth-order valence-electron chi connectivity index (χ4n) is 2.77. The second kappa shape index (κ2) is 7.81. The summed E-state index contributed by atoms with van der Waals surface area (Å²) in [7, 11) is 3.29. The number of aromatic nitrogens is 2. The Morgan fingerprint density at radius 2 is 2.04 bits per heavy atom. The molecular formula is C18H27N5O4. The van der Waals surface area contributed by atoms with Crippen molar-refractivity contribution in [3.05, 3.63) is 23.9 Å². The minimum atomic E-state index is -0.558. The first-order valence-electron chi connectivity index (χ1n) is 8.72. The molecule has 1 aromatic rings. The van der Waals surface area contributed by atoms with Gasteiger partial charge in [0.15, 0.2) is 5.82 Å². The molecule has 9 nitrogen and oxygen atoms in total. The molecule has 9 heteroatoms. The van der Waals surface area contributed by atoms with E-state index in [1.165, 1.54) is 11.9 Å². The molecule has 1 aliphatic heterocycles. The van der Waals surface area contributed by atoms with E-state index in [-0.39, 0.29) is 24.5 Å². The number of hydrogen-bond acceptors (Lipinski definition) is 5. The molecule has 3 amide bonds. The maximum absolute atomic E-state index is 12.3. The van der Waals surface area contributed by atoms with Crippen LogP contribution in [0, 0.1) is 0 Å². The quantitative estimate of drug-likeness (QED) is 0.798. The molecule has 2 heterocycles. The average molecular weight is 377 g/mol. The molecule has 2 rings (SSSR count). The monoisotopic (exact) mass is 377 g/mol. The number of carbonyl (C=O) groups is 3. The van der Waals surface area contributed by atoms with E-state index in [0.717, 1.165) is 17.3 Å². The first-order chi connectivity index (χ1) is 12.5. The van der Waals surface area contributed by atoms with E-state index in [2.05, 4.69) is 17.0 Å². The van der Waals surface area contributed by atoms with Gasteiger partial charge < -0.3 is 19.9 Å². The van der Waals surface area contributed by atoms with Gasteiger partial charge in [-0.05, 0) is 33.3 Å². The fraction of sp³-hybridized carbons (Fsp3) is 0.556. The van der Waals surface area contributed by atoms with Crippen molar-refractivity contribution in [2.24, 2.45) is 7.05 Å². The molecule has 0 bridgehead atoms. The lowest BCUT2D eigenvalue weighted by atomic mass is 10.1. The Labute approximate surface area is 158 Å². The third-order valence-electron chi connectivity index (χ3n) is 4.09. The summed E-state index contributed by atoms with van der Waals surface area (Å²) in [6.07, 6.45) is 1.34. The first-order valence-corrected chi connectivity index (χ1v) is 8.72. The van der Waals surface area contributed by atoms with E-state index in [1.807, 2.05) is 20.8 Å². The van der Waals surface area contributed by atoms with E-state index in [4.69, 9.17) is 4.74 Å². The van der Waals surface area contributed by atoms with Gasteiger partial charge >= 0.3 is 6.09 Å². The third kappa shape index (κ3) is 5.08. The minimum absolute atomic E-state index is 0.0970. The van der Waals surface area contributed by atoms with Crippen molar-refractivity contribution in [1.82, 2.24) is 19.6 Å².